The molecule has 1 aliphatic heterocycles. The molecule has 4 aromatic rings. The molecule has 1 amide bonds. The zero-order valence-corrected chi connectivity index (χ0v) is 23.8. The summed E-state index contributed by atoms with van der Waals surface area (Å²) in [4.78, 5) is 24.2. The molecule has 2 atom stereocenters. The van der Waals surface area contributed by atoms with E-state index < -0.39 is 29.9 Å². The van der Waals surface area contributed by atoms with E-state index in [-0.39, 0.29) is 11.8 Å². The zero-order valence-electron chi connectivity index (χ0n) is 23.8. The van der Waals surface area contributed by atoms with Crippen LogP contribution in [0.5, 0.6) is 0 Å². The summed E-state index contributed by atoms with van der Waals surface area (Å²) in [6, 6.07) is 7.27. The van der Waals surface area contributed by atoms with Crippen LogP contribution in [0, 0.1) is 0 Å². The Morgan fingerprint density at radius 3 is 2.79 bits per heavy atom. The van der Waals surface area contributed by atoms with Crippen molar-refractivity contribution in [3.05, 3.63) is 65.8 Å². The summed E-state index contributed by atoms with van der Waals surface area (Å²) in [5.41, 5.74) is 2.45. The van der Waals surface area contributed by atoms with E-state index in [1.54, 1.807) is 24.0 Å². The number of nitrogens with one attached hydrogen (secondary N) is 2. The van der Waals surface area contributed by atoms with Crippen molar-refractivity contribution in [2.24, 2.45) is 7.05 Å². The Labute approximate surface area is 241 Å². The molecule has 14 heteroatoms. The summed E-state index contributed by atoms with van der Waals surface area (Å²) >= 11 is 0. The lowest BCUT2D eigenvalue weighted by Crippen LogP contribution is -2.32. The third-order valence-corrected chi connectivity index (χ3v) is 7.10. The third kappa shape index (κ3) is 6.44. The maximum absolute atomic E-state index is 13.4. The molecule has 1 unspecified atom stereocenters. The van der Waals surface area contributed by atoms with Crippen LogP contribution in [0.3, 0.4) is 0 Å². The normalized spacial score (nSPS) is 16.6. The van der Waals surface area contributed by atoms with Crippen molar-refractivity contribution in [2.75, 3.05) is 18.4 Å². The topological polar surface area (TPSA) is 147 Å². The number of carbonyl (C=O) groups is 1. The van der Waals surface area contributed by atoms with Gasteiger partial charge in [0.05, 0.1) is 29.7 Å². The number of nitrogens with zero attached hydrogens (tertiary/aromatic N) is 7. The predicted molar refractivity (Wildman–Crippen MR) is 149 cm³/mol. The Morgan fingerprint density at radius 2 is 2.07 bits per heavy atom. The Bertz CT molecular complexity index is 1550. The number of aliphatic hydroxyl groups excluding tert-OH is 1. The molecule has 0 saturated heterocycles. The van der Waals surface area contributed by atoms with Gasteiger partial charge in [-0.3, -0.25) is 14.4 Å². The standard InChI is InChI=1S/C28H33F2N9O3/c1-16(40)13-39-10-8-22(34-23(41)24-36-37-26(42-24)28(2,3)25(29)30)20-6-5-17(11-18(20)14-39)21-7-9-31-27(35-21)33-19-12-32-38(4)15-19/h5-7,9,11-12,15-16,22,25,40H,8,10,13-14H2,1-4H3,(H,34,41)(H,31,33,35)/t16?,22-/m1/s1. The first-order chi connectivity index (χ1) is 20.0. The van der Waals surface area contributed by atoms with Crippen LogP contribution in [0.1, 0.15) is 60.9 Å². The molecule has 3 N–H and O–H groups in total. The average molecular weight is 582 g/mol. The number of alkyl halides is 2. The lowest BCUT2D eigenvalue weighted by molar-refractivity contribution is 0.0527. The number of halogens is 2. The fourth-order valence-corrected chi connectivity index (χ4v) is 4.79. The molecule has 12 nitrogen and oxygen atoms in total. The Morgan fingerprint density at radius 1 is 1.26 bits per heavy atom. The summed E-state index contributed by atoms with van der Waals surface area (Å²) in [5, 5.41) is 27.7. The number of benzene rings is 1. The van der Waals surface area contributed by atoms with Gasteiger partial charge in [0, 0.05) is 44.6 Å². The van der Waals surface area contributed by atoms with E-state index in [1.165, 1.54) is 13.8 Å². The molecular formula is C28H33F2N9O3. The summed E-state index contributed by atoms with van der Waals surface area (Å²) in [6.07, 6.45) is 2.43. The monoisotopic (exact) mass is 581 g/mol. The van der Waals surface area contributed by atoms with Crippen LogP contribution < -0.4 is 10.6 Å². The minimum Gasteiger partial charge on any atom is -0.416 e. The maximum Gasteiger partial charge on any atom is 0.309 e. The van der Waals surface area contributed by atoms with Gasteiger partial charge in [-0.05, 0) is 50.5 Å². The highest BCUT2D eigenvalue weighted by atomic mass is 19.3. The molecule has 42 heavy (non-hydrogen) atoms. The second kappa shape index (κ2) is 11.9. The molecular weight excluding hydrogens is 548 g/mol. The number of fused-ring (bicyclic) bond motifs is 1. The summed E-state index contributed by atoms with van der Waals surface area (Å²) in [5.74, 6) is -0.912. The molecule has 1 aliphatic rings. The molecule has 0 spiro atoms. The number of anilines is 2. The number of aliphatic hydroxyl groups is 1. The molecule has 0 radical (unpaired) electrons. The van der Waals surface area contributed by atoms with Gasteiger partial charge in [0.15, 0.2) is 0 Å². The number of aromatic nitrogens is 6. The van der Waals surface area contributed by atoms with E-state index in [4.69, 9.17) is 4.42 Å². The van der Waals surface area contributed by atoms with Gasteiger partial charge >= 0.3 is 11.8 Å². The fraction of sp³-hybridized carbons (Fsp3) is 0.429. The SMILES string of the molecule is CC(O)CN1CC[C@@H](NC(=O)c2nnc(C(C)(C)C(F)F)o2)c2ccc(-c3ccnc(Nc4cnn(C)c4)n3)cc2C1. The van der Waals surface area contributed by atoms with Gasteiger partial charge in [0.25, 0.3) is 6.43 Å². The van der Waals surface area contributed by atoms with E-state index in [1.807, 2.05) is 37.5 Å². The van der Waals surface area contributed by atoms with Crippen molar-refractivity contribution < 1.29 is 23.1 Å². The Kier molecular flexibility index (Phi) is 8.27. The van der Waals surface area contributed by atoms with E-state index in [0.717, 1.165) is 22.4 Å². The van der Waals surface area contributed by atoms with Crippen LogP contribution in [-0.2, 0) is 19.0 Å². The number of hydrogen-bond acceptors (Lipinski definition) is 10. The van der Waals surface area contributed by atoms with Crippen molar-refractivity contribution in [1.29, 1.82) is 0 Å². The average Bonchev–Trinajstić information content (AvgIpc) is 3.57. The van der Waals surface area contributed by atoms with Crippen LogP contribution in [0.2, 0.25) is 0 Å². The number of hydrogen-bond donors (Lipinski definition) is 3. The summed E-state index contributed by atoms with van der Waals surface area (Å²) < 4.78 is 33.9. The van der Waals surface area contributed by atoms with Gasteiger partial charge in [0.1, 0.15) is 5.41 Å². The van der Waals surface area contributed by atoms with E-state index >= 15 is 0 Å². The summed E-state index contributed by atoms with van der Waals surface area (Å²) in [7, 11) is 1.82. The first-order valence-corrected chi connectivity index (χ1v) is 13.5. The first kappa shape index (κ1) is 29.2. The second-order valence-corrected chi connectivity index (χ2v) is 11.0. The Balaban J connectivity index is 1.41. The van der Waals surface area contributed by atoms with Crippen molar-refractivity contribution in [2.45, 2.75) is 57.7 Å². The molecule has 0 bridgehead atoms. The number of β-amino-alcohol motifs (C(OH)–C–C–N with tert-alkyl or cyclic N) is 1. The molecule has 3 aromatic heterocycles. The van der Waals surface area contributed by atoms with Crippen LogP contribution in [0.4, 0.5) is 20.4 Å². The maximum atomic E-state index is 13.4. The van der Waals surface area contributed by atoms with Gasteiger partial charge < -0.3 is 20.2 Å². The molecule has 222 valence electrons. The van der Waals surface area contributed by atoms with Crippen molar-refractivity contribution in [1.82, 2.24) is 40.2 Å². The Hall–Kier alpha value is -4.30. The lowest BCUT2D eigenvalue weighted by Gasteiger charge is -2.22. The van der Waals surface area contributed by atoms with Crippen LogP contribution in [0.25, 0.3) is 11.3 Å². The highest BCUT2D eigenvalue weighted by Gasteiger charge is 2.38. The highest BCUT2D eigenvalue weighted by Crippen LogP contribution is 2.32. The quantitative estimate of drug-likeness (QED) is 0.268. The number of rotatable bonds is 9. The lowest BCUT2D eigenvalue weighted by atomic mass is 9.94. The number of carbonyl (C=O) groups excluding carboxylic acids is 1. The highest BCUT2D eigenvalue weighted by molar-refractivity contribution is 5.89. The van der Waals surface area contributed by atoms with E-state index in [9.17, 15) is 18.7 Å². The van der Waals surface area contributed by atoms with E-state index in [0.29, 0.717) is 37.7 Å². The second-order valence-electron chi connectivity index (χ2n) is 11.0. The third-order valence-electron chi connectivity index (χ3n) is 7.10. The fourth-order valence-electron chi connectivity index (χ4n) is 4.79. The summed E-state index contributed by atoms with van der Waals surface area (Å²) in [6.45, 7) is 5.87. The first-order valence-electron chi connectivity index (χ1n) is 13.5. The van der Waals surface area contributed by atoms with Gasteiger partial charge in [-0.25, -0.2) is 18.7 Å². The molecule has 1 aromatic carbocycles. The van der Waals surface area contributed by atoms with Crippen molar-refractivity contribution in [3.63, 3.8) is 0 Å². The molecule has 0 aliphatic carbocycles. The number of aryl methyl sites for hydroxylation is 1. The van der Waals surface area contributed by atoms with Gasteiger partial charge in [-0.15, -0.1) is 10.2 Å². The smallest absolute Gasteiger partial charge is 0.309 e. The predicted octanol–water partition coefficient (Wildman–Crippen LogP) is 3.60. The number of amides is 1. The van der Waals surface area contributed by atoms with Gasteiger partial charge in [-0.1, -0.05) is 12.1 Å². The molecule has 0 saturated carbocycles. The largest absolute Gasteiger partial charge is 0.416 e. The van der Waals surface area contributed by atoms with Crippen molar-refractivity contribution in [3.8, 4) is 11.3 Å². The molecule has 5 rings (SSSR count). The van der Waals surface area contributed by atoms with Crippen LogP contribution in [0.15, 0.2) is 47.3 Å². The van der Waals surface area contributed by atoms with Gasteiger partial charge in [-0.2, -0.15) is 5.10 Å². The minimum absolute atomic E-state index is 0.307. The molecule has 4 heterocycles. The molecule has 0 fully saturated rings. The van der Waals surface area contributed by atoms with Gasteiger partial charge in [0.2, 0.25) is 11.8 Å². The minimum atomic E-state index is -2.74. The van der Waals surface area contributed by atoms with Crippen LogP contribution >= 0.6 is 0 Å². The van der Waals surface area contributed by atoms with Crippen LogP contribution in [-0.4, -0.2) is 71.5 Å². The zero-order chi connectivity index (χ0) is 30.0. The van der Waals surface area contributed by atoms with Crippen molar-refractivity contribution >= 4 is 17.5 Å². The van der Waals surface area contributed by atoms with E-state index in [2.05, 4.69) is 40.8 Å².